The van der Waals surface area contributed by atoms with Gasteiger partial charge < -0.3 is 5.11 Å². The Bertz CT molecular complexity index is 603. The molecule has 0 aromatic heterocycles. The van der Waals surface area contributed by atoms with Crippen molar-refractivity contribution in [3.8, 4) is 0 Å². The summed E-state index contributed by atoms with van der Waals surface area (Å²) in [6, 6.07) is 16.3. The van der Waals surface area contributed by atoms with E-state index in [2.05, 4.69) is 53.7 Å². The Labute approximate surface area is 154 Å². The molecule has 0 saturated carbocycles. The lowest BCUT2D eigenvalue weighted by Crippen LogP contribution is -1.81. The second-order valence-corrected chi connectivity index (χ2v) is 6.25. The van der Waals surface area contributed by atoms with Gasteiger partial charge in [-0.15, -0.1) is 0 Å². The first-order chi connectivity index (χ1) is 11.4. The predicted molar refractivity (Wildman–Crippen MR) is 106 cm³/mol. The summed E-state index contributed by atoms with van der Waals surface area (Å²) < 4.78 is 1.16. The molecule has 2 nitrogen and oxygen atoms in total. The summed E-state index contributed by atoms with van der Waals surface area (Å²) in [5, 5.41) is 8.66. The van der Waals surface area contributed by atoms with Crippen LogP contribution in [-0.4, -0.2) is 10.9 Å². The van der Waals surface area contributed by atoms with Crippen LogP contribution in [-0.2, 0) is 17.8 Å². The van der Waals surface area contributed by atoms with Gasteiger partial charge in [-0.05, 0) is 49.6 Å². The summed E-state index contributed by atoms with van der Waals surface area (Å²) in [4.78, 5) is 9.69. The maximum absolute atomic E-state index is 9.69. The van der Waals surface area contributed by atoms with E-state index in [1.165, 1.54) is 37.0 Å². The van der Waals surface area contributed by atoms with E-state index in [9.17, 15) is 4.79 Å². The van der Waals surface area contributed by atoms with Crippen molar-refractivity contribution in [3.63, 3.8) is 0 Å². The zero-order valence-electron chi connectivity index (χ0n) is 14.8. The van der Waals surface area contributed by atoms with Gasteiger partial charge in [0.1, 0.15) is 0 Å². The number of halogens is 1. The van der Waals surface area contributed by atoms with E-state index >= 15 is 0 Å². The molecule has 0 bridgehead atoms. The van der Waals surface area contributed by atoms with E-state index in [1.54, 1.807) is 0 Å². The van der Waals surface area contributed by atoms with Crippen LogP contribution in [0, 0.1) is 6.92 Å². The summed E-state index contributed by atoms with van der Waals surface area (Å²) in [6.45, 7) is 9.03. The van der Waals surface area contributed by atoms with Crippen LogP contribution in [0.15, 0.2) is 65.7 Å². The van der Waals surface area contributed by atoms with Crippen molar-refractivity contribution in [2.24, 2.45) is 0 Å². The first-order valence-electron chi connectivity index (χ1n) is 7.96. The topological polar surface area (TPSA) is 37.3 Å². The third kappa shape index (κ3) is 11.8. The molecule has 2 rings (SSSR count). The molecule has 0 aliphatic heterocycles. The van der Waals surface area contributed by atoms with Gasteiger partial charge in [-0.1, -0.05) is 77.8 Å². The number of hydrogen-bond donors (Lipinski definition) is 1. The molecule has 130 valence electrons. The summed E-state index contributed by atoms with van der Waals surface area (Å²) in [6.07, 6.45) is 3.69. The van der Waals surface area contributed by atoms with Crippen molar-refractivity contribution in [2.45, 2.75) is 40.2 Å². The molecule has 0 saturated heterocycles. The zero-order chi connectivity index (χ0) is 18.4. The van der Waals surface area contributed by atoms with Crippen molar-refractivity contribution in [3.05, 3.63) is 82.3 Å². The number of aliphatic hydroxyl groups excluding tert-OH is 1. The van der Waals surface area contributed by atoms with Gasteiger partial charge in [0.25, 0.3) is 0 Å². The molecule has 2 aromatic rings. The summed E-state index contributed by atoms with van der Waals surface area (Å²) in [5.74, 6) is 0.0185. The highest BCUT2D eigenvalue weighted by Crippen LogP contribution is 2.11. The number of rotatable bonds is 4. The Hall–Kier alpha value is -1.71. The molecule has 24 heavy (non-hydrogen) atoms. The summed E-state index contributed by atoms with van der Waals surface area (Å²) >= 11 is 3.40. The number of aliphatic hydroxyl groups is 1. The monoisotopic (exact) mass is 390 g/mol. The van der Waals surface area contributed by atoms with Gasteiger partial charge in [-0.2, -0.15) is 0 Å². The van der Waals surface area contributed by atoms with Gasteiger partial charge in [0.05, 0.1) is 6.61 Å². The maximum atomic E-state index is 9.69. The highest BCUT2D eigenvalue weighted by molar-refractivity contribution is 9.10. The van der Waals surface area contributed by atoms with E-state index in [0.29, 0.717) is 0 Å². The number of hydrogen-bond acceptors (Lipinski definition) is 2. The molecule has 0 heterocycles. The SMILES string of the molecule is C=CC(C)=O.CCCc1ccc(Br)cc1.Cc1cccc(CO)c1. The minimum Gasteiger partial charge on any atom is -0.392 e. The van der Waals surface area contributed by atoms with Crippen molar-refractivity contribution in [2.75, 3.05) is 0 Å². The van der Waals surface area contributed by atoms with Gasteiger partial charge in [-0.3, -0.25) is 4.79 Å². The van der Waals surface area contributed by atoms with E-state index < -0.39 is 0 Å². The molecule has 0 aliphatic carbocycles. The van der Waals surface area contributed by atoms with E-state index in [-0.39, 0.29) is 12.4 Å². The molecule has 0 aliphatic rings. The van der Waals surface area contributed by atoms with Gasteiger partial charge in [-0.25, -0.2) is 0 Å². The van der Waals surface area contributed by atoms with Crippen molar-refractivity contribution in [1.82, 2.24) is 0 Å². The Morgan fingerprint density at radius 2 is 1.75 bits per heavy atom. The zero-order valence-corrected chi connectivity index (χ0v) is 16.3. The first kappa shape index (κ1) is 22.3. The fourth-order valence-electron chi connectivity index (χ4n) is 1.75. The van der Waals surface area contributed by atoms with Gasteiger partial charge in [0.15, 0.2) is 5.78 Å². The molecule has 3 heteroatoms. The third-order valence-electron chi connectivity index (χ3n) is 3.00. The average Bonchev–Trinajstić information content (AvgIpc) is 2.58. The molecule has 1 N–H and O–H groups in total. The Kier molecular flexibility index (Phi) is 12.7. The van der Waals surface area contributed by atoms with E-state index in [1.807, 2.05) is 31.2 Å². The lowest BCUT2D eigenvalue weighted by Gasteiger charge is -1.96. The fraction of sp³-hybridized carbons (Fsp3) is 0.286. The van der Waals surface area contributed by atoms with Crippen LogP contribution in [0.3, 0.4) is 0 Å². The van der Waals surface area contributed by atoms with E-state index in [0.717, 1.165) is 10.0 Å². The fourth-order valence-corrected chi connectivity index (χ4v) is 2.01. The first-order valence-corrected chi connectivity index (χ1v) is 8.76. The average molecular weight is 391 g/mol. The van der Waals surface area contributed by atoms with Gasteiger partial charge in [0.2, 0.25) is 0 Å². The van der Waals surface area contributed by atoms with Crippen LogP contribution in [0.2, 0.25) is 0 Å². The number of carbonyl (C=O) groups excluding carboxylic acids is 1. The van der Waals surface area contributed by atoms with Crippen LogP contribution in [0.4, 0.5) is 0 Å². The number of benzene rings is 2. The number of aryl methyl sites for hydroxylation is 2. The minimum absolute atomic E-state index is 0.0185. The largest absolute Gasteiger partial charge is 0.392 e. The van der Waals surface area contributed by atoms with Crippen LogP contribution in [0.25, 0.3) is 0 Å². The quantitative estimate of drug-likeness (QED) is 0.684. The maximum Gasteiger partial charge on any atom is 0.152 e. The summed E-state index contributed by atoms with van der Waals surface area (Å²) in [7, 11) is 0. The number of carbonyl (C=O) groups is 1. The van der Waals surface area contributed by atoms with Gasteiger partial charge >= 0.3 is 0 Å². The highest BCUT2D eigenvalue weighted by Gasteiger charge is 1.89. The molecule has 0 atom stereocenters. The molecule has 2 aromatic carbocycles. The lowest BCUT2D eigenvalue weighted by molar-refractivity contribution is -0.112. The standard InChI is InChI=1S/C9H11Br.C8H10O.C4H6O/c1-2-3-8-4-6-9(10)7-5-8;1-7-3-2-4-8(5-7)6-9;1-3-4(2)5/h4-7H,2-3H2,1H3;2-5,9H,6H2,1H3;3H,1H2,2H3. The van der Waals surface area contributed by atoms with E-state index in [4.69, 9.17) is 5.11 Å². The highest BCUT2D eigenvalue weighted by atomic mass is 79.9. The summed E-state index contributed by atoms with van der Waals surface area (Å²) in [5.41, 5.74) is 3.60. The smallest absolute Gasteiger partial charge is 0.152 e. The van der Waals surface area contributed by atoms with Crippen LogP contribution in [0.1, 0.15) is 37.0 Å². The normalized spacial score (nSPS) is 9.04. The Morgan fingerprint density at radius 1 is 1.17 bits per heavy atom. The van der Waals surface area contributed by atoms with Crippen molar-refractivity contribution < 1.29 is 9.90 Å². The molecule has 0 spiro atoms. The molecular formula is C21H27BrO2. The number of allylic oxidation sites excluding steroid dienone is 1. The van der Waals surface area contributed by atoms with Crippen molar-refractivity contribution in [1.29, 1.82) is 0 Å². The molecular weight excluding hydrogens is 364 g/mol. The van der Waals surface area contributed by atoms with Crippen LogP contribution >= 0.6 is 15.9 Å². The Balaban J connectivity index is 0.000000351. The molecule has 0 unspecified atom stereocenters. The Morgan fingerprint density at radius 3 is 2.12 bits per heavy atom. The minimum atomic E-state index is 0.0185. The van der Waals surface area contributed by atoms with Crippen LogP contribution < -0.4 is 0 Å². The predicted octanol–water partition coefficient (Wildman–Crippen LogP) is 5.65. The second kappa shape index (κ2) is 13.7. The second-order valence-electron chi connectivity index (χ2n) is 5.34. The number of ketones is 1. The molecule has 0 radical (unpaired) electrons. The van der Waals surface area contributed by atoms with Gasteiger partial charge in [0, 0.05) is 4.47 Å². The third-order valence-corrected chi connectivity index (χ3v) is 3.53. The molecule has 0 amide bonds. The van der Waals surface area contributed by atoms with Crippen molar-refractivity contribution >= 4 is 21.7 Å². The van der Waals surface area contributed by atoms with Crippen LogP contribution in [0.5, 0.6) is 0 Å². The molecule has 0 fully saturated rings. The lowest BCUT2D eigenvalue weighted by atomic mass is 10.1.